The van der Waals surface area contributed by atoms with E-state index in [9.17, 15) is 9.90 Å². The first-order chi connectivity index (χ1) is 12.0. The highest BCUT2D eigenvalue weighted by Gasteiger charge is 2.29. The summed E-state index contributed by atoms with van der Waals surface area (Å²) in [4.78, 5) is 13.1. The molecule has 3 rings (SSSR count). The van der Waals surface area contributed by atoms with Crippen molar-refractivity contribution in [2.45, 2.75) is 13.0 Å². The van der Waals surface area contributed by atoms with Gasteiger partial charge in [-0.1, -0.05) is 47.1 Å². The molecule has 0 aliphatic rings. The van der Waals surface area contributed by atoms with Crippen LogP contribution >= 0.6 is 11.6 Å². The maximum Gasteiger partial charge on any atom is 0.412 e. The number of carbonyl (C=O) groups is 1. The number of halogens is 1. The number of hydrogen-bond acceptors (Lipinski definition) is 4. The third kappa shape index (κ3) is 3.29. The average molecular weight is 358 g/mol. The number of amides is 1. The Morgan fingerprint density at radius 3 is 2.56 bits per heavy atom. The molecule has 1 amide bonds. The van der Waals surface area contributed by atoms with Gasteiger partial charge in [-0.25, -0.2) is 4.79 Å². The summed E-state index contributed by atoms with van der Waals surface area (Å²) in [6.45, 7) is 1.76. The fourth-order valence-corrected chi connectivity index (χ4v) is 2.97. The minimum atomic E-state index is -1.13. The number of carboxylic acid groups (broad SMARTS) is 1. The molecule has 0 aliphatic heterocycles. The van der Waals surface area contributed by atoms with E-state index in [1.807, 2.05) is 6.07 Å². The van der Waals surface area contributed by atoms with Gasteiger partial charge in [0.2, 0.25) is 0 Å². The molecule has 25 heavy (non-hydrogen) atoms. The molecule has 0 bridgehead atoms. The van der Waals surface area contributed by atoms with E-state index in [2.05, 4.69) is 5.16 Å². The van der Waals surface area contributed by atoms with Gasteiger partial charge >= 0.3 is 6.09 Å². The van der Waals surface area contributed by atoms with Gasteiger partial charge in [-0.2, -0.15) is 0 Å². The van der Waals surface area contributed by atoms with Gasteiger partial charge in [0.1, 0.15) is 17.6 Å². The lowest BCUT2D eigenvalue weighted by molar-refractivity contribution is 0.199. The summed E-state index contributed by atoms with van der Waals surface area (Å²) in [6.07, 6.45) is 0.181. The highest BCUT2D eigenvalue weighted by molar-refractivity contribution is 6.31. The molecular formula is C18H16ClN3O3. The van der Waals surface area contributed by atoms with Crippen LogP contribution in [0.25, 0.3) is 11.3 Å². The highest BCUT2D eigenvalue weighted by atomic mass is 35.5. The van der Waals surface area contributed by atoms with Gasteiger partial charge in [0, 0.05) is 16.3 Å². The van der Waals surface area contributed by atoms with Crippen LogP contribution in [0.1, 0.15) is 18.5 Å². The monoisotopic (exact) mass is 357 g/mol. The van der Waals surface area contributed by atoms with Crippen LogP contribution in [0.3, 0.4) is 0 Å². The lowest BCUT2D eigenvalue weighted by atomic mass is 10.1. The van der Waals surface area contributed by atoms with Crippen molar-refractivity contribution in [3.8, 4) is 11.3 Å². The largest absolute Gasteiger partial charge is 0.465 e. The predicted molar refractivity (Wildman–Crippen MR) is 96.7 cm³/mol. The summed E-state index contributed by atoms with van der Waals surface area (Å²) < 4.78 is 5.06. The molecule has 0 fully saturated rings. The Morgan fingerprint density at radius 2 is 1.92 bits per heavy atom. The van der Waals surface area contributed by atoms with Gasteiger partial charge in [0.05, 0.1) is 6.04 Å². The third-order valence-electron chi connectivity index (χ3n) is 3.94. The Morgan fingerprint density at radius 1 is 1.24 bits per heavy atom. The van der Waals surface area contributed by atoms with Crippen LogP contribution in [-0.2, 0) is 0 Å². The first-order valence-electron chi connectivity index (χ1n) is 7.56. The molecule has 0 radical (unpaired) electrons. The number of anilines is 2. The summed E-state index contributed by atoms with van der Waals surface area (Å²) in [5, 5.41) is 14.2. The van der Waals surface area contributed by atoms with Crippen LogP contribution in [0.2, 0.25) is 5.02 Å². The molecule has 0 saturated carbocycles. The highest BCUT2D eigenvalue weighted by Crippen LogP contribution is 2.36. The lowest BCUT2D eigenvalue weighted by Crippen LogP contribution is -2.32. The molecule has 0 saturated heterocycles. The smallest absolute Gasteiger partial charge is 0.412 e. The molecule has 1 heterocycles. The number of nitrogens with two attached hydrogens (primary N) is 1. The second kappa shape index (κ2) is 6.86. The molecule has 0 aliphatic carbocycles. The molecular weight excluding hydrogens is 342 g/mol. The van der Waals surface area contributed by atoms with Gasteiger partial charge in [0.25, 0.3) is 0 Å². The Balaban J connectivity index is 2.06. The van der Waals surface area contributed by atoms with Crippen LogP contribution < -0.4 is 10.6 Å². The third-order valence-corrected chi connectivity index (χ3v) is 4.29. The number of nitrogen functional groups attached to an aromatic ring is 1. The van der Waals surface area contributed by atoms with Crippen molar-refractivity contribution in [1.29, 1.82) is 0 Å². The molecule has 1 aromatic heterocycles. The normalized spacial score (nSPS) is 11.9. The summed E-state index contributed by atoms with van der Waals surface area (Å²) in [6, 6.07) is 13.6. The molecule has 2 aromatic carbocycles. The van der Waals surface area contributed by atoms with Crippen molar-refractivity contribution in [1.82, 2.24) is 5.16 Å². The number of hydrogen-bond donors (Lipinski definition) is 2. The Labute approximate surface area is 149 Å². The zero-order valence-corrected chi connectivity index (χ0v) is 14.1. The van der Waals surface area contributed by atoms with Gasteiger partial charge in [-0.3, -0.25) is 4.90 Å². The van der Waals surface area contributed by atoms with E-state index in [1.54, 1.807) is 49.4 Å². The zero-order chi connectivity index (χ0) is 18.0. The van der Waals surface area contributed by atoms with Crippen molar-refractivity contribution in [2.24, 2.45) is 0 Å². The van der Waals surface area contributed by atoms with E-state index in [0.29, 0.717) is 33.2 Å². The van der Waals surface area contributed by atoms with E-state index >= 15 is 0 Å². The topological polar surface area (TPSA) is 92.6 Å². The fourth-order valence-electron chi connectivity index (χ4n) is 2.67. The van der Waals surface area contributed by atoms with E-state index in [0.717, 1.165) is 0 Å². The standard InChI is InChI=1S/C18H16ClN3O3/c1-11(14-4-2-3-5-15(14)19)22(18(23)24)16-10-25-21-17(16)12-6-8-13(20)9-7-12/h2-11H,20H2,1H3,(H,23,24). The molecule has 1 atom stereocenters. The summed E-state index contributed by atoms with van der Waals surface area (Å²) in [7, 11) is 0. The van der Waals surface area contributed by atoms with Crippen LogP contribution in [0.15, 0.2) is 59.3 Å². The van der Waals surface area contributed by atoms with E-state index in [4.69, 9.17) is 21.9 Å². The molecule has 7 heteroatoms. The van der Waals surface area contributed by atoms with Crippen molar-refractivity contribution >= 4 is 29.1 Å². The number of rotatable bonds is 4. The van der Waals surface area contributed by atoms with Crippen LogP contribution in [0.4, 0.5) is 16.2 Å². The van der Waals surface area contributed by atoms with E-state index in [1.165, 1.54) is 11.2 Å². The summed E-state index contributed by atoms with van der Waals surface area (Å²) in [5.41, 5.74) is 8.46. The number of benzene rings is 2. The molecule has 1 unspecified atom stereocenters. The van der Waals surface area contributed by atoms with Gasteiger partial charge < -0.3 is 15.4 Å². The van der Waals surface area contributed by atoms with Gasteiger partial charge in [0.15, 0.2) is 0 Å². The van der Waals surface area contributed by atoms with Crippen LogP contribution in [0, 0.1) is 0 Å². The molecule has 6 nitrogen and oxygen atoms in total. The van der Waals surface area contributed by atoms with Crippen LogP contribution in [-0.4, -0.2) is 16.4 Å². The Hall–Kier alpha value is -2.99. The fraction of sp³-hybridized carbons (Fsp3) is 0.111. The minimum Gasteiger partial charge on any atom is -0.465 e. The van der Waals surface area contributed by atoms with Crippen molar-refractivity contribution in [3.63, 3.8) is 0 Å². The van der Waals surface area contributed by atoms with Gasteiger partial charge in [-0.05, 0) is 30.7 Å². The van der Waals surface area contributed by atoms with E-state index < -0.39 is 12.1 Å². The summed E-state index contributed by atoms with van der Waals surface area (Å²) in [5.74, 6) is 0. The molecule has 3 aromatic rings. The average Bonchev–Trinajstić information content (AvgIpc) is 3.05. The number of nitrogens with zero attached hydrogens (tertiary/aromatic N) is 2. The lowest BCUT2D eigenvalue weighted by Gasteiger charge is -2.26. The van der Waals surface area contributed by atoms with Crippen LogP contribution in [0.5, 0.6) is 0 Å². The second-order valence-electron chi connectivity index (χ2n) is 5.52. The quantitative estimate of drug-likeness (QED) is 0.653. The second-order valence-corrected chi connectivity index (χ2v) is 5.93. The molecule has 3 N–H and O–H groups in total. The van der Waals surface area contributed by atoms with Crippen molar-refractivity contribution in [2.75, 3.05) is 10.6 Å². The molecule has 128 valence electrons. The predicted octanol–water partition coefficient (Wildman–Crippen LogP) is 4.82. The zero-order valence-electron chi connectivity index (χ0n) is 13.4. The maximum absolute atomic E-state index is 12.0. The maximum atomic E-state index is 12.0. The van der Waals surface area contributed by atoms with Crippen molar-refractivity contribution < 1.29 is 14.4 Å². The van der Waals surface area contributed by atoms with Gasteiger partial charge in [-0.15, -0.1) is 0 Å². The first kappa shape index (κ1) is 16.9. The Bertz CT molecular complexity index is 893. The van der Waals surface area contributed by atoms with E-state index in [-0.39, 0.29) is 0 Å². The van der Waals surface area contributed by atoms with Crippen molar-refractivity contribution in [3.05, 3.63) is 65.4 Å². The first-order valence-corrected chi connectivity index (χ1v) is 7.93. The number of aromatic nitrogens is 1. The summed E-state index contributed by atoms with van der Waals surface area (Å²) >= 11 is 6.23. The molecule has 0 spiro atoms. The SMILES string of the molecule is CC(c1ccccc1Cl)N(C(=O)O)c1conc1-c1ccc(N)cc1. The minimum absolute atomic E-state index is 0.338. The Kier molecular flexibility index (Phi) is 4.63.